The van der Waals surface area contributed by atoms with Gasteiger partial charge in [-0.3, -0.25) is 14.5 Å². The highest BCUT2D eigenvalue weighted by molar-refractivity contribution is 5.80. The number of benzene rings is 1. The first-order chi connectivity index (χ1) is 15.6. The van der Waals surface area contributed by atoms with Gasteiger partial charge in [-0.1, -0.05) is 31.0 Å². The van der Waals surface area contributed by atoms with Gasteiger partial charge in [-0.25, -0.2) is 4.39 Å². The number of hydrogen-bond acceptors (Lipinski definition) is 4. The normalized spacial score (nSPS) is 27.4. The largest absolute Gasteiger partial charge is 0.396 e. The summed E-state index contributed by atoms with van der Waals surface area (Å²) in [6.45, 7) is 1.61. The Morgan fingerprint density at radius 2 is 1.88 bits per heavy atom. The zero-order valence-corrected chi connectivity index (χ0v) is 18.1. The summed E-state index contributed by atoms with van der Waals surface area (Å²) < 4.78 is 15.0. The predicted octanol–water partition coefficient (Wildman–Crippen LogP) is 2.46. The summed E-state index contributed by atoms with van der Waals surface area (Å²) in [6, 6.07) is 11.1. The van der Waals surface area contributed by atoms with Gasteiger partial charge in [-0.15, -0.1) is 0 Å². The summed E-state index contributed by atoms with van der Waals surface area (Å²) in [5.74, 6) is -0.518. The molecular formula is C25H30FN3O3. The molecule has 4 atom stereocenters. The second-order valence-corrected chi connectivity index (χ2v) is 9.48. The van der Waals surface area contributed by atoms with Crippen molar-refractivity contribution >= 4 is 5.91 Å². The average molecular weight is 440 g/mol. The van der Waals surface area contributed by atoms with Crippen molar-refractivity contribution < 1.29 is 14.3 Å². The topological polar surface area (TPSA) is 74.6 Å². The first kappa shape index (κ1) is 21.3. The van der Waals surface area contributed by atoms with Crippen molar-refractivity contribution in [3.8, 4) is 0 Å². The van der Waals surface area contributed by atoms with E-state index in [1.807, 2.05) is 6.07 Å². The van der Waals surface area contributed by atoms with Crippen LogP contribution in [0.1, 0.15) is 43.0 Å². The van der Waals surface area contributed by atoms with Crippen molar-refractivity contribution in [2.75, 3.05) is 13.2 Å². The van der Waals surface area contributed by atoms with Crippen molar-refractivity contribution in [1.29, 1.82) is 0 Å². The molecule has 0 spiro atoms. The highest BCUT2D eigenvalue weighted by atomic mass is 19.1. The molecule has 170 valence electrons. The number of hydrogen-bond donors (Lipinski definition) is 2. The Hall–Kier alpha value is -2.51. The number of rotatable bonds is 6. The van der Waals surface area contributed by atoms with Crippen molar-refractivity contribution in [2.45, 2.75) is 50.9 Å². The minimum atomic E-state index is -0.442. The van der Waals surface area contributed by atoms with Crippen LogP contribution in [0.4, 0.5) is 4.39 Å². The van der Waals surface area contributed by atoms with Gasteiger partial charge in [0.05, 0.1) is 12.0 Å². The van der Waals surface area contributed by atoms with E-state index in [9.17, 15) is 19.1 Å². The molecule has 5 rings (SSSR count). The quantitative estimate of drug-likeness (QED) is 0.725. The van der Waals surface area contributed by atoms with Crippen LogP contribution < -0.4 is 10.9 Å². The molecule has 32 heavy (non-hydrogen) atoms. The summed E-state index contributed by atoms with van der Waals surface area (Å²) in [6.07, 6.45) is 4.88. The summed E-state index contributed by atoms with van der Waals surface area (Å²) in [7, 11) is 0. The van der Waals surface area contributed by atoms with Crippen LogP contribution in [-0.4, -0.2) is 39.7 Å². The van der Waals surface area contributed by atoms with Gasteiger partial charge in [0.15, 0.2) is 0 Å². The summed E-state index contributed by atoms with van der Waals surface area (Å²) >= 11 is 0. The zero-order chi connectivity index (χ0) is 22.2. The van der Waals surface area contributed by atoms with E-state index in [1.165, 1.54) is 37.8 Å². The van der Waals surface area contributed by atoms with E-state index < -0.39 is 5.92 Å². The Balaban J connectivity index is 1.45. The van der Waals surface area contributed by atoms with E-state index in [1.54, 1.807) is 28.8 Å². The van der Waals surface area contributed by atoms with E-state index in [-0.39, 0.29) is 41.9 Å². The van der Waals surface area contributed by atoms with Gasteiger partial charge < -0.3 is 15.0 Å². The van der Waals surface area contributed by atoms with Gasteiger partial charge in [0.1, 0.15) is 5.82 Å². The van der Waals surface area contributed by atoms with Gasteiger partial charge >= 0.3 is 0 Å². The molecule has 0 radical (unpaired) electrons. The number of aliphatic hydroxyl groups is 1. The molecule has 2 bridgehead atoms. The highest BCUT2D eigenvalue weighted by Gasteiger charge is 2.55. The van der Waals surface area contributed by atoms with E-state index in [4.69, 9.17) is 0 Å². The van der Waals surface area contributed by atoms with Crippen molar-refractivity contribution in [3.05, 3.63) is 69.9 Å². The van der Waals surface area contributed by atoms with Crippen LogP contribution in [0.15, 0.2) is 47.3 Å². The Morgan fingerprint density at radius 3 is 2.59 bits per heavy atom. The Kier molecular flexibility index (Phi) is 5.86. The first-order valence-electron chi connectivity index (χ1n) is 11.7. The number of aliphatic hydroxyl groups excluding tert-OH is 1. The van der Waals surface area contributed by atoms with Gasteiger partial charge in [0.25, 0.3) is 5.56 Å². The van der Waals surface area contributed by atoms with Crippen molar-refractivity contribution in [3.63, 3.8) is 0 Å². The van der Waals surface area contributed by atoms with Gasteiger partial charge in [-0.05, 0) is 42.5 Å². The van der Waals surface area contributed by atoms with E-state index >= 15 is 0 Å². The summed E-state index contributed by atoms with van der Waals surface area (Å²) in [5.41, 5.74) is 1.63. The lowest BCUT2D eigenvalue weighted by Gasteiger charge is -2.39. The number of fused-ring (bicyclic) bond motifs is 4. The lowest BCUT2D eigenvalue weighted by atomic mass is 9.86. The Labute approximate surface area is 187 Å². The maximum atomic E-state index is 13.5. The first-order valence-corrected chi connectivity index (χ1v) is 11.7. The second kappa shape index (κ2) is 8.79. The number of carbonyl (C=O) groups is 1. The number of nitrogens with zero attached hydrogens (tertiary/aromatic N) is 2. The lowest BCUT2D eigenvalue weighted by Crippen LogP contribution is -2.47. The number of amides is 1. The van der Waals surface area contributed by atoms with Crippen LogP contribution in [0.3, 0.4) is 0 Å². The molecule has 6 nitrogen and oxygen atoms in total. The van der Waals surface area contributed by atoms with E-state index in [0.717, 1.165) is 17.8 Å². The van der Waals surface area contributed by atoms with Crippen LogP contribution in [0.25, 0.3) is 0 Å². The third kappa shape index (κ3) is 3.77. The fourth-order valence-corrected chi connectivity index (χ4v) is 6.13. The van der Waals surface area contributed by atoms with Gasteiger partial charge in [-0.2, -0.15) is 0 Å². The molecule has 2 N–H and O–H groups in total. The number of aromatic nitrogens is 1. The van der Waals surface area contributed by atoms with Crippen LogP contribution in [-0.2, 0) is 17.9 Å². The molecule has 7 heteroatoms. The van der Waals surface area contributed by atoms with Gasteiger partial charge in [0, 0.05) is 50.0 Å². The fourth-order valence-electron chi connectivity index (χ4n) is 6.13. The third-order valence-electron chi connectivity index (χ3n) is 7.67. The predicted molar refractivity (Wildman–Crippen MR) is 118 cm³/mol. The fraction of sp³-hybridized carbons (Fsp3) is 0.520. The van der Waals surface area contributed by atoms with E-state index in [2.05, 4.69) is 10.2 Å². The average Bonchev–Trinajstić information content (AvgIpc) is 3.37. The van der Waals surface area contributed by atoms with Crippen molar-refractivity contribution in [1.82, 2.24) is 14.8 Å². The molecular weight excluding hydrogens is 409 g/mol. The van der Waals surface area contributed by atoms with Crippen LogP contribution in [0.2, 0.25) is 0 Å². The Morgan fingerprint density at radius 1 is 1.12 bits per heavy atom. The van der Waals surface area contributed by atoms with Crippen LogP contribution >= 0.6 is 0 Å². The monoisotopic (exact) mass is 439 g/mol. The summed E-state index contributed by atoms with van der Waals surface area (Å²) in [4.78, 5) is 28.5. The molecule has 3 aliphatic rings. The number of carbonyl (C=O) groups excluding carboxylic acids is 1. The second-order valence-electron chi connectivity index (χ2n) is 9.48. The maximum absolute atomic E-state index is 13.5. The minimum absolute atomic E-state index is 0.0419. The third-order valence-corrected chi connectivity index (χ3v) is 7.67. The number of pyridine rings is 1. The van der Waals surface area contributed by atoms with Crippen LogP contribution in [0, 0.1) is 23.6 Å². The molecule has 1 aliphatic carbocycles. The molecule has 2 fully saturated rings. The van der Waals surface area contributed by atoms with Crippen molar-refractivity contribution in [2.24, 2.45) is 17.8 Å². The molecule has 1 saturated heterocycles. The molecule has 2 aliphatic heterocycles. The number of halogens is 1. The molecule has 1 amide bonds. The molecule has 1 saturated carbocycles. The Bertz CT molecular complexity index is 1030. The maximum Gasteiger partial charge on any atom is 0.250 e. The SMILES string of the molecule is O=C(NCc1ccc(F)cc1)[C@H]1[C@H](CO)[C@H]2Cn3c(cccc3=O)[C@@H]1N2CC1CCCC1. The molecule has 1 aromatic carbocycles. The molecule has 2 aromatic rings. The highest BCUT2D eigenvalue weighted by Crippen LogP contribution is 2.49. The number of nitrogens with one attached hydrogen (secondary N) is 1. The zero-order valence-electron chi connectivity index (χ0n) is 18.1. The summed E-state index contributed by atoms with van der Waals surface area (Å²) in [5, 5.41) is 13.3. The molecule has 0 unspecified atom stereocenters. The van der Waals surface area contributed by atoms with Gasteiger partial charge in [0.2, 0.25) is 5.91 Å². The standard InChI is InChI=1S/C25H30FN3O3/c26-18-10-8-16(9-11-18)12-27-25(32)23-19(15-30)21-14-28-20(6-3-7-22(28)31)24(23)29(21)13-17-4-1-2-5-17/h3,6-11,17,19,21,23-24,30H,1-2,4-5,12-15H2,(H,27,32)/t19-,21-,23+,24+/m1/s1. The van der Waals surface area contributed by atoms with E-state index in [0.29, 0.717) is 19.0 Å². The molecule has 3 heterocycles. The minimum Gasteiger partial charge on any atom is -0.396 e. The molecule has 1 aromatic heterocycles. The smallest absolute Gasteiger partial charge is 0.250 e. The van der Waals surface area contributed by atoms with Crippen LogP contribution in [0.5, 0.6) is 0 Å². The lowest BCUT2D eigenvalue weighted by molar-refractivity contribution is -0.127.